The lowest BCUT2D eigenvalue weighted by Crippen LogP contribution is -2.43. The maximum atomic E-state index is 13.0. The molecule has 19 heavy (non-hydrogen) atoms. The van der Waals surface area contributed by atoms with E-state index in [-0.39, 0.29) is 11.3 Å². The fourth-order valence-electron chi connectivity index (χ4n) is 4.78. The van der Waals surface area contributed by atoms with Crippen LogP contribution in [0.2, 0.25) is 0 Å². The summed E-state index contributed by atoms with van der Waals surface area (Å²) in [7, 11) is 0. The smallest absolute Gasteiger partial charge is 0.140 e. The molecular weight excluding hydrogens is 232 g/mol. The number of hydrogen-bond donors (Lipinski definition) is 0. The zero-order valence-electron chi connectivity index (χ0n) is 12.5. The monoisotopic (exact) mass is 258 g/mol. The van der Waals surface area contributed by atoms with E-state index in [1.807, 2.05) is 0 Å². The zero-order chi connectivity index (χ0) is 13.6. The van der Waals surface area contributed by atoms with Gasteiger partial charge in [0, 0.05) is 11.8 Å². The summed E-state index contributed by atoms with van der Waals surface area (Å²) in [4.78, 5) is 13.0. The predicted molar refractivity (Wildman–Crippen MR) is 78.8 cm³/mol. The normalized spacial score (nSPS) is 37.6. The number of fused-ring (bicyclic) bond motifs is 3. The Kier molecular flexibility index (Phi) is 3.19. The first-order valence-corrected chi connectivity index (χ1v) is 7.91. The van der Waals surface area contributed by atoms with E-state index < -0.39 is 0 Å². The minimum atomic E-state index is 0.103. The summed E-state index contributed by atoms with van der Waals surface area (Å²) in [6.07, 6.45) is 11.4. The van der Waals surface area contributed by atoms with E-state index in [4.69, 9.17) is 0 Å². The van der Waals surface area contributed by atoms with Gasteiger partial charge in [0.25, 0.3) is 0 Å². The van der Waals surface area contributed by atoms with Gasteiger partial charge in [0.05, 0.1) is 0 Å². The highest BCUT2D eigenvalue weighted by molar-refractivity contribution is 5.85. The molecule has 3 aliphatic carbocycles. The number of carbonyl (C=O) groups excluding carboxylic acids is 1. The topological polar surface area (TPSA) is 17.1 Å². The van der Waals surface area contributed by atoms with E-state index in [9.17, 15) is 4.79 Å². The average Bonchev–Trinajstić information content (AvgIpc) is 2.37. The lowest BCUT2D eigenvalue weighted by molar-refractivity contribution is -0.132. The second-order valence-corrected chi connectivity index (χ2v) is 7.29. The van der Waals surface area contributed by atoms with Crippen molar-refractivity contribution in [2.75, 3.05) is 0 Å². The Morgan fingerprint density at radius 1 is 1.16 bits per heavy atom. The molecule has 3 rings (SSSR count). The van der Waals surface area contributed by atoms with E-state index in [0.29, 0.717) is 17.6 Å². The van der Waals surface area contributed by atoms with Crippen LogP contribution in [-0.4, -0.2) is 5.78 Å². The Morgan fingerprint density at radius 3 is 2.74 bits per heavy atom. The van der Waals surface area contributed by atoms with Crippen molar-refractivity contribution < 1.29 is 4.79 Å². The van der Waals surface area contributed by atoms with E-state index >= 15 is 0 Å². The quantitative estimate of drug-likeness (QED) is 0.576. The largest absolute Gasteiger partial charge is 0.299 e. The molecule has 1 saturated carbocycles. The van der Waals surface area contributed by atoms with Crippen LogP contribution in [0.25, 0.3) is 0 Å². The van der Waals surface area contributed by atoms with Crippen molar-refractivity contribution in [1.82, 2.24) is 0 Å². The lowest BCUT2D eigenvalue weighted by Gasteiger charge is -2.46. The Hall–Kier alpha value is -0.850. The molecule has 0 amide bonds. The first-order valence-electron chi connectivity index (χ1n) is 7.91. The third kappa shape index (κ3) is 2.02. The average molecular weight is 258 g/mol. The Labute approximate surface area is 117 Å². The van der Waals surface area contributed by atoms with Crippen molar-refractivity contribution in [3.05, 3.63) is 23.3 Å². The van der Waals surface area contributed by atoms with Crippen molar-refractivity contribution in [1.29, 1.82) is 0 Å². The molecule has 0 N–H and O–H groups in total. The van der Waals surface area contributed by atoms with Gasteiger partial charge < -0.3 is 0 Å². The van der Waals surface area contributed by atoms with Crippen molar-refractivity contribution in [3.63, 3.8) is 0 Å². The summed E-state index contributed by atoms with van der Waals surface area (Å²) in [5, 5.41) is 0. The van der Waals surface area contributed by atoms with Gasteiger partial charge in [0.15, 0.2) is 0 Å². The number of Topliss-reactive ketones (excluding diaryl/α,β-unsaturated/α-hetero) is 1. The molecule has 0 saturated heterocycles. The minimum absolute atomic E-state index is 0.103. The number of allylic oxidation sites excluding steroid dienone is 4. The maximum absolute atomic E-state index is 13.0. The molecule has 3 aliphatic rings. The van der Waals surface area contributed by atoms with Crippen LogP contribution in [-0.2, 0) is 4.79 Å². The molecule has 0 unspecified atom stereocenters. The summed E-state index contributed by atoms with van der Waals surface area (Å²) < 4.78 is 0. The van der Waals surface area contributed by atoms with Crippen molar-refractivity contribution in [2.45, 2.75) is 59.3 Å². The molecule has 0 radical (unpaired) electrons. The minimum Gasteiger partial charge on any atom is -0.299 e. The van der Waals surface area contributed by atoms with Crippen LogP contribution in [0.3, 0.4) is 0 Å². The highest BCUT2D eigenvalue weighted by Crippen LogP contribution is 2.51. The third-order valence-corrected chi connectivity index (χ3v) is 5.95. The van der Waals surface area contributed by atoms with Crippen LogP contribution < -0.4 is 0 Å². The SMILES string of the molecule is CC1=C2CC[C@H]3C=CCC[C@@H]3C(=O)[C@@H](CC1)C2(C)C. The highest BCUT2D eigenvalue weighted by atomic mass is 16.1. The van der Waals surface area contributed by atoms with Gasteiger partial charge in [-0.2, -0.15) is 0 Å². The third-order valence-electron chi connectivity index (χ3n) is 5.95. The standard InChI is InChI=1S/C18H26O/c1-12-8-10-16-17(19)14-7-5-4-6-13(14)9-11-15(12)18(16,2)3/h4,6,13-14,16H,5,7-11H2,1-3H3/t13-,14+,16-/m1/s1. The van der Waals surface area contributed by atoms with Crippen LogP contribution in [0.4, 0.5) is 0 Å². The van der Waals surface area contributed by atoms with Gasteiger partial charge in [-0.15, -0.1) is 0 Å². The number of rotatable bonds is 0. The van der Waals surface area contributed by atoms with Gasteiger partial charge in [-0.25, -0.2) is 0 Å². The molecule has 0 heterocycles. The van der Waals surface area contributed by atoms with Gasteiger partial charge >= 0.3 is 0 Å². The number of ketones is 1. The van der Waals surface area contributed by atoms with Crippen molar-refractivity contribution in [2.24, 2.45) is 23.2 Å². The maximum Gasteiger partial charge on any atom is 0.140 e. The second kappa shape index (κ2) is 4.61. The van der Waals surface area contributed by atoms with Gasteiger partial charge in [0.1, 0.15) is 5.78 Å². The molecule has 1 nitrogen and oxygen atoms in total. The zero-order valence-corrected chi connectivity index (χ0v) is 12.5. The Balaban J connectivity index is 2.02. The molecule has 3 atom stereocenters. The Bertz CT molecular complexity index is 452. The van der Waals surface area contributed by atoms with Crippen LogP contribution >= 0.6 is 0 Å². The van der Waals surface area contributed by atoms with Crippen LogP contribution in [0.1, 0.15) is 59.3 Å². The van der Waals surface area contributed by atoms with Crippen molar-refractivity contribution in [3.8, 4) is 0 Å². The highest BCUT2D eigenvalue weighted by Gasteiger charge is 2.46. The summed E-state index contributed by atoms with van der Waals surface area (Å²) in [6, 6.07) is 0. The fraction of sp³-hybridized carbons (Fsp3) is 0.722. The molecular formula is C18H26O. The van der Waals surface area contributed by atoms with E-state index in [0.717, 1.165) is 25.7 Å². The van der Waals surface area contributed by atoms with E-state index in [1.54, 1.807) is 11.1 Å². The van der Waals surface area contributed by atoms with Crippen LogP contribution in [0.15, 0.2) is 23.3 Å². The lowest BCUT2D eigenvalue weighted by atomic mass is 9.57. The summed E-state index contributed by atoms with van der Waals surface area (Å²) >= 11 is 0. The van der Waals surface area contributed by atoms with Crippen molar-refractivity contribution >= 4 is 5.78 Å². The first-order chi connectivity index (χ1) is 9.01. The summed E-state index contributed by atoms with van der Waals surface area (Å²) in [5.74, 6) is 1.67. The molecule has 0 aromatic heterocycles. The molecule has 0 spiro atoms. The second-order valence-electron chi connectivity index (χ2n) is 7.29. The van der Waals surface area contributed by atoms with Crippen LogP contribution in [0.5, 0.6) is 0 Å². The molecule has 2 bridgehead atoms. The van der Waals surface area contributed by atoms with Gasteiger partial charge in [0.2, 0.25) is 0 Å². The summed E-state index contributed by atoms with van der Waals surface area (Å²) in [6.45, 7) is 6.91. The van der Waals surface area contributed by atoms with Gasteiger partial charge in [-0.1, -0.05) is 37.1 Å². The predicted octanol–water partition coefficient (Wildman–Crippen LogP) is 4.68. The molecule has 1 heteroatoms. The Morgan fingerprint density at radius 2 is 1.95 bits per heavy atom. The molecule has 0 aromatic carbocycles. The van der Waals surface area contributed by atoms with E-state index in [2.05, 4.69) is 32.9 Å². The van der Waals surface area contributed by atoms with Crippen LogP contribution in [0, 0.1) is 23.2 Å². The number of hydrogen-bond acceptors (Lipinski definition) is 1. The summed E-state index contributed by atoms with van der Waals surface area (Å²) in [5.41, 5.74) is 3.26. The number of carbonyl (C=O) groups is 1. The molecule has 1 fully saturated rings. The molecule has 0 aromatic rings. The van der Waals surface area contributed by atoms with E-state index in [1.165, 1.54) is 12.8 Å². The van der Waals surface area contributed by atoms with Gasteiger partial charge in [-0.05, 0) is 56.8 Å². The molecule has 104 valence electrons. The fourth-order valence-corrected chi connectivity index (χ4v) is 4.78. The first kappa shape index (κ1) is 13.1. The van der Waals surface area contributed by atoms with Gasteiger partial charge in [-0.3, -0.25) is 4.79 Å². The molecule has 0 aliphatic heterocycles.